The van der Waals surface area contributed by atoms with Crippen molar-refractivity contribution in [3.63, 3.8) is 0 Å². The first kappa shape index (κ1) is 17.4. The highest BCUT2D eigenvalue weighted by molar-refractivity contribution is 5.89. The molecule has 1 aromatic heterocycles. The Kier molecular flexibility index (Phi) is 5.84. The smallest absolute Gasteiger partial charge is 0.419 e. The summed E-state index contributed by atoms with van der Waals surface area (Å²) in [6, 6.07) is 14.6. The van der Waals surface area contributed by atoms with Crippen molar-refractivity contribution in [3.05, 3.63) is 54.7 Å². The second-order valence-electron chi connectivity index (χ2n) is 4.85. The largest absolute Gasteiger partial charge is 0.497 e. The van der Waals surface area contributed by atoms with Gasteiger partial charge in [0.25, 0.3) is 0 Å². The van der Waals surface area contributed by atoms with Crippen LogP contribution in [0.5, 0.6) is 11.5 Å². The molecule has 3 aromatic rings. The lowest BCUT2D eigenvalue weighted by atomic mass is 10.2. The first-order valence-corrected chi connectivity index (χ1v) is 7.84. The van der Waals surface area contributed by atoms with Crippen LogP contribution in [-0.4, -0.2) is 25.2 Å². The lowest BCUT2D eigenvalue weighted by Crippen LogP contribution is -2.29. The van der Waals surface area contributed by atoms with E-state index in [1.165, 1.54) is 4.90 Å². The number of amides is 1. The van der Waals surface area contributed by atoms with E-state index in [0.717, 1.165) is 22.3 Å². The summed E-state index contributed by atoms with van der Waals surface area (Å²) >= 11 is 0. The predicted octanol–water partition coefficient (Wildman–Crippen LogP) is 4.84. The Balaban J connectivity index is 0.00000100. The molecular formula is C19H22N2O3. The molecule has 126 valence electrons. The predicted molar refractivity (Wildman–Crippen MR) is 97.1 cm³/mol. The molecule has 24 heavy (non-hydrogen) atoms. The monoisotopic (exact) mass is 326 g/mol. The first-order chi connectivity index (χ1) is 11.7. The third-order valence-electron chi connectivity index (χ3n) is 3.47. The molecule has 0 spiro atoms. The zero-order valence-corrected chi connectivity index (χ0v) is 14.4. The minimum Gasteiger partial charge on any atom is -0.497 e. The summed E-state index contributed by atoms with van der Waals surface area (Å²) < 4.78 is 10.5. The molecule has 1 amide bonds. The number of anilines is 1. The molecule has 0 fully saturated rings. The Bertz CT molecular complexity index is 794. The van der Waals surface area contributed by atoms with Gasteiger partial charge in [-0.2, -0.15) is 0 Å². The molecule has 1 heterocycles. The van der Waals surface area contributed by atoms with Crippen LogP contribution in [0.1, 0.15) is 13.8 Å². The summed E-state index contributed by atoms with van der Waals surface area (Å²) in [5.41, 5.74) is 1.66. The maximum absolute atomic E-state index is 12.2. The molecule has 0 aliphatic rings. The number of nitrogens with zero attached hydrogens (tertiary/aromatic N) is 1. The van der Waals surface area contributed by atoms with Gasteiger partial charge >= 0.3 is 6.09 Å². The van der Waals surface area contributed by atoms with E-state index in [0.29, 0.717) is 5.75 Å². The van der Waals surface area contributed by atoms with E-state index in [9.17, 15) is 4.79 Å². The summed E-state index contributed by atoms with van der Waals surface area (Å²) in [6.07, 6.45) is 1.40. The number of rotatable bonds is 3. The van der Waals surface area contributed by atoms with Gasteiger partial charge in [-0.25, -0.2) is 4.79 Å². The Labute approximate surface area is 141 Å². The van der Waals surface area contributed by atoms with Crippen LogP contribution in [0.3, 0.4) is 0 Å². The second kappa shape index (κ2) is 8.06. The first-order valence-electron chi connectivity index (χ1n) is 7.84. The number of benzene rings is 2. The van der Waals surface area contributed by atoms with E-state index in [4.69, 9.17) is 9.47 Å². The van der Waals surface area contributed by atoms with Crippen LogP contribution in [0.4, 0.5) is 10.5 Å². The minimum absolute atomic E-state index is 0.448. The van der Waals surface area contributed by atoms with Crippen LogP contribution in [0.15, 0.2) is 54.7 Å². The molecular weight excluding hydrogens is 304 g/mol. The molecule has 0 atom stereocenters. The van der Waals surface area contributed by atoms with Crippen molar-refractivity contribution in [2.75, 3.05) is 19.1 Å². The van der Waals surface area contributed by atoms with Crippen molar-refractivity contribution in [1.82, 2.24) is 4.98 Å². The molecule has 5 heteroatoms. The highest BCUT2D eigenvalue weighted by Crippen LogP contribution is 2.22. The molecule has 0 aliphatic heterocycles. The summed E-state index contributed by atoms with van der Waals surface area (Å²) in [7, 11) is 3.26. The number of fused-ring (bicyclic) bond motifs is 1. The number of aromatic nitrogens is 1. The van der Waals surface area contributed by atoms with E-state index in [1.807, 2.05) is 32.2 Å². The van der Waals surface area contributed by atoms with E-state index in [1.54, 1.807) is 50.6 Å². The van der Waals surface area contributed by atoms with E-state index >= 15 is 0 Å². The standard InChI is InChI=1S/C17H16N2O3.C2H6/c1-19(13-4-7-14(21-2)8-5-13)17(20)22-15-6-3-12-9-10-18-16(12)11-15;1-2/h3-11,18H,1-2H3;1-2H3. The quantitative estimate of drug-likeness (QED) is 0.749. The number of nitrogens with one attached hydrogen (secondary N) is 1. The van der Waals surface area contributed by atoms with Crippen LogP contribution in [0.2, 0.25) is 0 Å². The molecule has 1 N–H and O–H groups in total. The number of aromatic amines is 1. The van der Waals surface area contributed by atoms with Crippen LogP contribution in [-0.2, 0) is 0 Å². The van der Waals surface area contributed by atoms with E-state index in [2.05, 4.69) is 4.98 Å². The maximum atomic E-state index is 12.2. The zero-order valence-electron chi connectivity index (χ0n) is 14.4. The normalized spacial score (nSPS) is 9.83. The average molecular weight is 326 g/mol. The van der Waals surface area contributed by atoms with Gasteiger partial charge in [-0.05, 0) is 47.9 Å². The highest BCUT2D eigenvalue weighted by Gasteiger charge is 2.13. The van der Waals surface area contributed by atoms with E-state index in [-0.39, 0.29) is 0 Å². The summed E-state index contributed by atoms with van der Waals surface area (Å²) in [5, 5.41) is 1.07. The van der Waals surface area contributed by atoms with Gasteiger partial charge in [0.2, 0.25) is 0 Å². The van der Waals surface area contributed by atoms with Crippen molar-refractivity contribution in [2.24, 2.45) is 0 Å². The highest BCUT2D eigenvalue weighted by atomic mass is 16.6. The second-order valence-corrected chi connectivity index (χ2v) is 4.85. The third-order valence-corrected chi connectivity index (χ3v) is 3.47. The summed E-state index contributed by atoms with van der Waals surface area (Å²) in [5.74, 6) is 1.24. The van der Waals surface area contributed by atoms with Crippen molar-refractivity contribution in [3.8, 4) is 11.5 Å². The van der Waals surface area contributed by atoms with Gasteiger partial charge in [0.15, 0.2) is 0 Å². The fraction of sp³-hybridized carbons (Fsp3) is 0.211. The van der Waals surface area contributed by atoms with Gasteiger partial charge in [-0.1, -0.05) is 13.8 Å². The van der Waals surface area contributed by atoms with Gasteiger partial charge in [0.1, 0.15) is 11.5 Å². The molecule has 0 bridgehead atoms. The number of carbonyl (C=O) groups excluding carboxylic acids is 1. The number of hydrogen-bond donors (Lipinski definition) is 1. The molecule has 0 saturated heterocycles. The molecule has 0 saturated carbocycles. The maximum Gasteiger partial charge on any atom is 0.419 e. The third kappa shape index (κ3) is 3.87. The molecule has 2 aromatic carbocycles. The van der Waals surface area contributed by atoms with Crippen LogP contribution in [0, 0.1) is 0 Å². The van der Waals surface area contributed by atoms with Crippen LogP contribution >= 0.6 is 0 Å². The number of H-pyrrole nitrogens is 1. The number of ether oxygens (including phenoxy) is 2. The van der Waals surface area contributed by atoms with Gasteiger partial charge in [0.05, 0.1) is 7.11 Å². The van der Waals surface area contributed by atoms with Gasteiger partial charge in [0, 0.05) is 30.5 Å². The fourth-order valence-corrected chi connectivity index (χ4v) is 2.17. The van der Waals surface area contributed by atoms with E-state index < -0.39 is 6.09 Å². The average Bonchev–Trinajstić information content (AvgIpc) is 3.10. The van der Waals surface area contributed by atoms with Crippen molar-refractivity contribution >= 4 is 22.7 Å². The van der Waals surface area contributed by atoms with Gasteiger partial charge < -0.3 is 14.5 Å². The summed E-state index contributed by atoms with van der Waals surface area (Å²) in [4.78, 5) is 16.7. The van der Waals surface area contributed by atoms with Crippen LogP contribution in [0.25, 0.3) is 10.9 Å². The lowest BCUT2D eigenvalue weighted by Gasteiger charge is -2.17. The Morgan fingerprint density at radius 3 is 2.33 bits per heavy atom. The molecule has 0 unspecified atom stereocenters. The molecule has 0 radical (unpaired) electrons. The summed E-state index contributed by atoms with van der Waals surface area (Å²) in [6.45, 7) is 4.00. The molecule has 5 nitrogen and oxygen atoms in total. The fourth-order valence-electron chi connectivity index (χ4n) is 2.17. The SMILES string of the molecule is CC.COc1ccc(N(C)C(=O)Oc2ccc3cc[nH]c3c2)cc1. The molecule has 3 rings (SSSR count). The Morgan fingerprint density at radius 1 is 1.00 bits per heavy atom. The molecule has 0 aliphatic carbocycles. The Morgan fingerprint density at radius 2 is 1.67 bits per heavy atom. The minimum atomic E-state index is -0.448. The number of hydrogen-bond acceptors (Lipinski definition) is 3. The van der Waals surface area contributed by atoms with Gasteiger partial charge in [-0.15, -0.1) is 0 Å². The van der Waals surface area contributed by atoms with Gasteiger partial charge in [-0.3, -0.25) is 4.90 Å². The van der Waals surface area contributed by atoms with Crippen LogP contribution < -0.4 is 14.4 Å². The zero-order chi connectivity index (χ0) is 17.5. The van der Waals surface area contributed by atoms with Crippen molar-refractivity contribution < 1.29 is 14.3 Å². The Hall–Kier alpha value is -2.95. The number of methoxy groups -OCH3 is 1. The van der Waals surface area contributed by atoms with Crippen molar-refractivity contribution in [2.45, 2.75) is 13.8 Å². The lowest BCUT2D eigenvalue weighted by molar-refractivity contribution is 0.209. The van der Waals surface area contributed by atoms with Crippen molar-refractivity contribution in [1.29, 1.82) is 0 Å². The number of carbonyl (C=O) groups is 1. The topological polar surface area (TPSA) is 54.6 Å².